The van der Waals surface area contributed by atoms with Gasteiger partial charge < -0.3 is 10.5 Å². The van der Waals surface area contributed by atoms with Crippen LogP contribution in [-0.4, -0.2) is 27.0 Å². The molecule has 1 aliphatic rings. The summed E-state index contributed by atoms with van der Waals surface area (Å²) in [6.07, 6.45) is -0.200. The zero-order valence-electron chi connectivity index (χ0n) is 13.2. The Morgan fingerprint density at radius 2 is 1.88 bits per heavy atom. The molecule has 0 saturated heterocycles. The highest BCUT2D eigenvalue weighted by Crippen LogP contribution is 2.36. The number of hydrogen-bond donors (Lipinski definition) is 1. The van der Waals surface area contributed by atoms with Gasteiger partial charge in [0.05, 0.1) is 17.1 Å². The summed E-state index contributed by atoms with van der Waals surface area (Å²) >= 11 is 0. The van der Waals surface area contributed by atoms with Crippen molar-refractivity contribution in [3.63, 3.8) is 0 Å². The van der Waals surface area contributed by atoms with Gasteiger partial charge in [-0.3, -0.25) is 9.10 Å². The average Bonchev–Trinajstić information content (AvgIpc) is 2.60. The van der Waals surface area contributed by atoms with Crippen LogP contribution in [0.2, 0.25) is 0 Å². The summed E-state index contributed by atoms with van der Waals surface area (Å²) in [6.45, 7) is 1.85. The predicted octanol–water partition coefficient (Wildman–Crippen LogP) is 1.69. The van der Waals surface area contributed by atoms with E-state index in [1.54, 1.807) is 48.5 Å². The quantitative estimate of drug-likeness (QED) is 0.912. The van der Waals surface area contributed by atoms with E-state index in [4.69, 9.17) is 10.5 Å². The van der Waals surface area contributed by atoms with Crippen LogP contribution in [0, 0.1) is 0 Å². The molecule has 2 N–H and O–H groups in total. The molecule has 0 bridgehead atoms. The van der Waals surface area contributed by atoms with Crippen molar-refractivity contribution in [1.29, 1.82) is 0 Å². The van der Waals surface area contributed by atoms with Gasteiger partial charge >= 0.3 is 0 Å². The molecular formula is C17H18N2O4S. The molecule has 2 aromatic rings. The molecule has 0 spiro atoms. The third-order valence-corrected chi connectivity index (χ3v) is 5.77. The molecule has 0 saturated carbocycles. The van der Waals surface area contributed by atoms with E-state index in [0.29, 0.717) is 11.4 Å². The van der Waals surface area contributed by atoms with Crippen LogP contribution < -0.4 is 14.8 Å². The van der Waals surface area contributed by atoms with Crippen LogP contribution in [-0.2, 0) is 21.2 Å². The van der Waals surface area contributed by atoms with Gasteiger partial charge in [-0.2, -0.15) is 0 Å². The predicted molar refractivity (Wildman–Crippen MR) is 90.4 cm³/mol. The molecule has 0 aliphatic carbocycles. The lowest BCUT2D eigenvalue weighted by molar-refractivity contribution is -0.124. The standard InChI is InChI=1S/C17H18N2O4S/c1-2-12-7-9-13(10-8-12)24(21,22)19-11-16(17(18)20)23-15-6-4-3-5-14(15)19/h3-10,16H,2,11H2,1H3,(H2,18,20)/t16-/m1/s1. The number of carbonyl (C=O) groups is 1. The number of para-hydroxylation sites is 2. The van der Waals surface area contributed by atoms with E-state index in [1.165, 1.54) is 4.31 Å². The van der Waals surface area contributed by atoms with Crippen LogP contribution in [0.15, 0.2) is 53.4 Å². The van der Waals surface area contributed by atoms with E-state index in [2.05, 4.69) is 0 Å². The van der Waals surface area contributed by atoms with Gasteiger partial charge in [0.25, 0.3) is 15.9 Å². The smallest absolute Gasteiger partial charge is 0.264 e. The molecule has 0 aromatic heterocycles. The molecule has 1 atom stereocenters. The van der Waals surface area contributed by atoms with Gasteiger partial charge in [-0.25, -0.2) is 8.42 Å². The fourth-order valence-electron chi connectivity index (χ4n) is 2.60. The first kappa shape index (κ1) is 16.3. The van der Waals surface area contributed by atoms with E-state index >= 15 is 0 Å². The Bertz CT molecular complexity index is 862. The molecular weight excluding hydrogens is 328 g/mol. The molecule has 0 radical (unpaired) electrons. The van der Waals surface area contributed by atoms with Gasteiger partial charge in [0, 0.05) is 0 Å². The summed E-state index contributed by atoms with van der Waals surface area (Å²) in [5.41, 5.74) is 6.77. The summed E-state index contributed by atoms with van der Waals surface area (Å²) in [7, 11) is -3.82. The first-order valence-corrected chi connectivity index (χ1v) is 9.04. The third-order valence-electron chi connectivity index (χ3n) is 3.97. The SMILES string of the molecule is CCc1ccc(S(=O)(=O)N2C[C@H](C(N)=O)Oc3ccccc32)cc1. The highest BCUT2D eigenvalue weighted by Gasteiger charge is 2.36. The van der Waals surface area contributed by atoms with Crippen molar-refractivity contribution in [3.05, 3.63) is 54.1 Å². The minimum atomic E-state index is -3.82. The van der Waals surface area contributed by atoms with Gasteiger partial charge in [-0.05, 0) is 36.2 Å². The van der Waals surface area contributed by atoms with Crippen LogP contribution >= 0.6 is 0 Å². The number of carbonyl (C=O) groups excluding carboxylic acids is 1. The van der Waals surface area contributed by atoms with Crippen LogP contribution in [0.5, 0.6) is 5.75 Å². The Morgan fingerprint density at radius 1 is 1.21 bits per heavy atom. The molecule has 1 aliphatic heterocycles. The number of rotatable bonds is 4. The van der Waals surface area contributed by atoms with Crippen LogP contribution in [0.25, 0.3) is 0 Å². The van der Waals surface area contributed by atoms with Gasteiger partial charge in [0.1, 0.15) is 5.75 Å². The van der Waals surface area contributed by atoms with E-state index in [9.17, 15) is 13.2 Å². The van der Waals surface area contributed by atoms with Gasteiger partial charge in [-0.1, -0.05) is 31.2 Å². The maximum Gasteiger partial charge on any atom is 0.264 e. The number of sulfonamides is 1. The van der Waals surface area contributed by atoms with Gasteiger partial charge in [0.15, 0.2) is 6.10 Å². The maximum absolute atomic E-state index is 13.0. The Labute approximate surface area is 140 Å². The largest absolute Gasteiger partial charge is 0.476 e. The molecule has 0 fully saturated rings. The second-order valence-electron chi connectivity index (χ2n) is 5.51. The number of hydrogen-bond acceptors (Lipinski definition) is 4. The fourth-order valence-corrected chi connectivity index (χ4v) is 4.08. The van der Waals surface area contributed by atoms with E-state index in [-0.39, 0.29) is 11.4 Å². The van der Waals surface area contributed by atoms with Crippen molar-refractivity contribution in [2.75, 3.05) is 10.8 Å². The van der Waals surface area contributed by atoms with E-state index in [1.807, 2.05) is 6.92 Å². The lowest BCUT2D eigenvalue weighted by Gasteiger charge is -2.34. The number of nitrogens with two attached hydrogens (primary N) is 1. The number of fused-ring (bicyclic) bond motifs is 1. The first-order valence-electron chi connectivity index (χ1n) is 7.60. The van der Waals surface area contributed by atoms with Crippen LogP contribution in [0.4, 0.5) is 5.69 Å². The average molecular weight is 346 g/mol. The molecule has 1 amide bonds. The third kappa shape index (κ3) is 2.82. The minimum Gasteiger partial charge on any atom is -0.476 e. The van der Waals surface area contributed by atoms with Crippen molar-refractivity contribution in [3.8, 4) is 5.75 Å². The highest BCUT2D eigenvalue weighted by atomic mass is 32.2. The van der Waals surface area contributed by atoms with Gasteiger partial charge in [-0.15, -0.1) is 0 Å². The zero-order chi connectivity index (χ0) is 17.3. The number of nitrogens with zero attached hydrogens (tertiary/aromatic N) is 1. The molecule has 0 unspecified atom stereocenters. The topological polar surface area (TPSA) is 89.7 Å². The number of ether oxygens (including phenoxy) is 1. The monoisotopic (exact) mass is 346 g/mol. The Hall–Kier alpha value is -2.54. The number of benzene rings is 2. The Kier molecular flexibility index (Phi) is 4.19. The molecule has 7 heteroatoms. The number of aryl methyl sites for hydroxylation is 1. The lowest BCUT2D eigenvalue weighted by Crippen LogP contribution is -2.49. The van der Waals surface area contributed by atoms with Crippen LogP contribution in [0.3, 0.4) is 0 Å². The summed E-state index contributed by atoms with van der Waals surface area (Å²) in [6, 6.07) is 13.4. The fraction of sp³-hybridized carbons (Fsp3) is 0.235. The number of amides is 1. The number of anilines is 1. The first-order chi connectivity index (χ1) is 11.4. The lowest BCUT2D eigenvalue weighted by atomic mass is 10.2. The maximum atomic E-state index is 13.0. The summed E-state index contributed by atoms with van der Waals surface area (Å²) < 4.78 is 32.8. The molecule has 24 heavy (non-hydrogen) atoms. The van der Waals surface area contributed by atoms with Crippen LogP contribution in [0.1, 0.15) is 12.5 Å². The highest BCUT2D eigenvalue weighted by molar-refractivity contribution is 7.92. The normalized spacial score (nSPS) is 17.0. The van der Waals surface area contributed by atoms with Crippen molar-refractivity contribution < 1.29 is 17.9 Å². The number of primary amides is 1. The summed E-state index contributed by atoms with van der Waals surface area (Å²) in [5, 5.41) is 0. The van der Waals surface area contributed by atoms with Crippen molar-refractivity contribution in [2.45, 2.75) is 24.3 Å². The van der Waals surface area contributed by atoms with Crippen molar-refractivity contribution in [2.24, 2.45) is 5.73 Å². The molecule has 1 heterocycles. The van der Waals surface area contributed by atoms with Crippen molar-refractivity contribution >= 4 is 21.6 Å². The van der Waals surface area contributed by atoms with Crippen molar-refractivity contribution in [1.82, 2.24) is 0 Å². The zero-order valence-corrected chi connectivity index (χ0v) is 14.0. The second-order valence-corrected chi connectivity index (χ2v) is 7.37. The Morgan fingerprint density at radius 3 is 2.50 bits per heavy atom. The molecule has 6 nitrogen and oxygen atoms in total. The summed E-state index contributed by atoms with van der Waals surface area (Å²) in [4.78, 5) is 11.7. The second kappa shape index (κ2) is 6.16. The molecule has 3 rings (SSSR count). The Balaban J connectivity index is 2.06. The van der Waals surface area contributed by atoms with Gasteiger partial charge in [0.2, 0.25) is 0 Å². The molecule has 2 aromatic carbocycles. The summed E-state index contributed by atoms with van der Waals surface area (Å²) in [5.74, 6) is -0.382. The van der Waals surface area contributed by atoms with E-state index in [0.717, 1.165) is 12.0 Å². The molecule has 126 valence electrons. The van der Waals surface area contributed by atoms with E-state index < -0.39 is 22.0 Å². The minimum absolute atomic E-state index is 0.149.